The van der Waals surface area contributed by atoms with Crippen LogP contribution in [-0.4, -0.2) is 19.0 Å². The van der Waals surface area contributed by atoms with Gasteiger partial charge in [-0.05, 0) is 56.2 Å². The number of hydrogen-bond donors (Lipinski definition) is 1. The number of benzene rings is 2. The molecule has 0 fully saturated rings. The van der Waals surface area contributed by atoms with Crippen molar-refractivity contribution < 1.29 is 4.79 Å². The van der Waals surface area contributed by atoms with Crippen molar-refractivity contribution in [2.45, 2.75) is 26.8 Å². The van der Waals surface area contributed by atoms with E-state index >= 15 is 0 Å². The number of rotatable bonds is 4. The number of carbonyl (C=O) groups is 1. The SMILES string of the molecule is Cc1cc(C)cc(N[C@@H](C)C(=O)N(C)c2ccccc2)c1. The average molecular weight is 282 g/mol. The van der Waals surface area contributed by atoms with Gasteiger partial charge in [0, 0.05) is 18.4 Å². The first-order valence-corrected chi connectivity index (χ1v) is 7.15. The van der Waals surface area contributed by atoms with Gasteiger partial charge in [-0.1, -0.05) is 24.3 Å². The number of carbonyl (C=O) groups excluding carboxylic acids is 1. The second-order valence-electron chi connectivity index (χ2n) is 5.48. The van der Waals surface area contributed by atoms with E-state index in [1.165, 1.54) is 11.1 Å². The van der Waals surface area contributed by atoms with Crippen LogP contribution in [0.4, 0.5) is 11.4 Å². The van der Waals surface area contributed by atoms with Crippen LogP contribution in [0.2, 0.25) is 0 Å². The van der Waals surface area contributed by atoms with E-state index in [2.05, 4.69) is 37.4 Å². The van der Waals surface area contributed by atoms with Crippen molar-refractivity contribution in [3.63, 3.8) is 0 Å². The lowest BCUT2D eigenvalue weighted by molar-refractivity contribution is -0.118. The molecule has 110 valence electrons. The van der Waals surface area contributed by atoms with Gasteiger partial charge in [0.2, 0.25) is 5.91 Å². The van der Waals surface area contributed by atoms with Gasteiger partial charge >= 0.3 is 0 Å². The standard InChI is InChI=1S/C18H22N2O/c1-13-10-14(2)12-16(11-13)19-15(3)18(21)20(4)17-8-6-5-7-9-17/h5-12,15,19H,1-4H3/t15-/m0/s1. The molecule has 0 aliphatic carbocycles. The first-order valence-electron chi connectivity index (χ1n) is 7.15. The molecule has 1 atom stereocenters. The van der Waals surface area contributed by atoms with Crippen molar-refractivity contribution in [3.05, 3.63) is 59.7 Å². The van der Waals surface area contributed by atoms with Gasteiger partial charge in [-0.25, -0.2) is 0 Å². The number of hydrogen-bond acceptors (Lipinski definition) is 2. The maximum atomic E-state index is 12.5. The lowest BCUT2D eigenvalue weighted by Crippen LogP contribution is -2.39. The molecule has 0 unspecified atom stereocenters. The zero-order valence-electron chi connectivity index (χ0n) is 13.1. The summed E-state index contributed by atoms with van der Waals surface area (Å²) >= 11 is 0. The summed E-state index contributed by atoms with van der Waals surface area (Å²) in [6.07, 6.45) is 0. The Morgan fingerprint density at radius 1 is 1.05 bits per heavy atom. The highest BCUT2D eigenvalue weighted by atomic mass is 16.2. The zero-order valence-corrected chi connectivity index (χ0v) is 13.1. The Labute approximate surface area is 126 Å². The monoisotopic (exact) mass is 282 g/mol. The van der Waals surface area contributed by atoms with Crippen molar-refractivity contribution >= 4 is 17.3 Å². The summed E-state index contributed by atoms with van der Waals surface area (Å²) < 4.78 is 0. The Morgan fingerprint density at radius 2 is 1.62 bits per heavy atom. The van der Waals surface area contributed by atoms with Gasteiger partial charge in [0.1, 0.15) is 6.04 Å². The maximum Gasteiger partial charge on any atom is 0.248 e. The maximum absolute atomic E-state index is 12.5. The number of likely N-dealkylation sites (N-methyl/N-ethyl adjacent to an activating group) is 1. The molecule has 3 nitrogen and oxygen atoms in total. The minimum atomic E-state index is -0.281. The number of anilines is 2. The molecular weight excluding hydrogens is 260 g/mol. The molecule has 2 rings (SSSR count). The van der Waals surface area contributed by atoms with Crippen molar-refractivity contribution in [1.82, 2.24) is 0 Å². The Hall–Kier alpha value is -2.29. The van der Waals surface area contributed by atoms with Crippen LogP contribution in [0.15, 0.2) is 48.5 Å². The first-order chi connectivity index (χ1) is 9.97. The number of nitrogens with one attached hydrogen (secondary N) is 1. The average Bonchev–Trinajstić information content (AvgIpc) is 2.45. The molecule has 0 saturated heterocycles. The van der Waals surface area contributed by atoms with Crippen LogP contribution in [0.1, 0.15) is 18.1 Å². The normalized spacial score (nSPS) is 11.8. The fourth-order valence-corrected chi connectivity index (χ4v) is 2.44. The van der Waals surface area contributed by atoms with Crippen molar-refractivity contribution in [3.8, 4) is 0 Å². The van der Waals surface area contributed by atoms with Gasteiger partial charge in [-0.2, -0.15) is 0 Å². The number of nitrogens with zero attached hydrogens (tertiary/aromatic N) is 1. The summed E-state index contributed by atoms with van der Waals surface area (Å²) in [4.78, 5) is 14.2. The lowest BCUT2D eigenvalue weighted by atomic mass is 10.1. The van der Waals surface area contributed by atoms with Crippen molar-refractivity contribution in [1.29, 1.82) is 0 Å². The van der Waals surface area contributed by atoms with E-state index in [-0.39, 0.29) is 11.9 Å². The summed E-state index contributed by atoms with van der Waals surface area (Å²) in [7, 11) is 1.80. The predicted molar refractivity (Wildman–Crippen MR) is 88.9 cm³/mol. The summed E-state index contributed by atoms with van der Waals surface area (Å²) in [5.74, 6) is 0.0420. The fraction of sp³-hybridized carbons (Fsp3) is 0.278. The number of para-hydroxylation sites is 1. The van der Waals surface area contributed by atoms with Crippen LogP contribution in [0.3, 0.4) is 0 Å². The predicted octanol–water partition coefficient (Wildman–Crippen LogP) is 3.77. The zero-order chi connectivity index (χ0) is 15.4. The molecule has 0 heterocycles. The summed E-state index contributed by atoms with van der Waals surface area (Å²) in [5.41, 5.74) is 4.26. The second-order valence-corrected chi connectivity index (χ2v) is 5.48. The Bertz CT molecular complexity index is 602. The van der Waals surface area contributed by atoms with E-state index in [0.717, 1.165) is 11.4 Å². The smallest absolute Gasteiger partial charge is 0.248 e. The van der Waals surface area contributed by atoms with Crippen LogP contribution < -0.4 is 10.2 Å². The van der Waals surface area contributed by atoms with Crippen LogP contribution in [0, 0.1) is 13.8 Å². The van der Waals surface area contributed by atoms with Crippen LogP contribution >= 0.6 is 0 Å². The highest BCUT2D eigenvalue weighted by Crippen LogP contribution is 2.17. The van der Waals surface area contributed by atoms with E-state index in [0.29, 0.717) is 0 Å². The van der Waals surface area contributed by atoms with Crippen molar-refractivity contribution in [2.24, 2.45) is 0 Å². The molecule has 0 aliphatic heterocycles. The topological polar surface area (TPSA) is 32.3 Å². The van der Waals surface area contributed by atoms with Gasteiger partial charge in [0.15, 0.2) is 0 Å². The van der Waals surface area contributed by atoms with Crippen LogP contribution in [0.5, 0.6) is 0 Å². The molecular formula is C18H22N2O. The minimum absolute atomic E-state index is 0.0420. The van der Waals surface area contributed by atoms with E-state index < -0.39 is 0 Å². The molecule has 21 heavy (non-hydrogen) atoms. The van der Waals surface area contributed by atoms with Crippen molar-refractivity contribution in [2.75, 3.05) is 17.3 Å². The summed E-state index contributed by atoms with van der Waals surface area (Å²) in [6, 6.07) is 15.6. The quantitative estimate of drug-likeness (QED) is 0.926. The molecule has 0 aromatic heterocycles. The molecule has 2 aromatic carbocycles. The highest BCUT2D eigenvalue weighted by Gasteiger charge is 2.18. The largest absolute Gasteiger partial charge is 0.374 e. The second kappa shape index (κ2) is 6.44. The molecule has 3 heteroatoms. The molecule has 2 aromatic rings. The molecule has 1 amide bonds. The molecule has 0 saturated carbocycles. The third-order valence-electron chi connectivity index (χ3n) is 3.45. The van der Waals surface area contributed by atoms with Gasteiger partial charge in [-0.15, -0.1) is 0 Å². The van der Waals surface area contributed by atoms with Gasteiger partial charge in [0.25, 0.3) is 0 Å². The Morgan fingerprint density at radius 3 is 2.19 bits per heavy atom. The molecule has 0 aliphatic rings. The van der Waals surface area contributed by atoms with E-state index in [1.54, 1.807) is 11.9 Å². The molecule has 0 radical (unpaired) electrons. The van der Waals surface area contributed by atoms with E-state index in [9.17, 15) is 4.79 Å². The van der Waals surface area contributed by atoms with Gasteiger partial charge in [-0.3, -0.25) is 4.79 Å². The fourth-order valence-electron chi connectivity index (χ4n) is 2.44. The highest BCUT2D eigenvalue weighted by molar-refractivity contribution is 5.98. The lowest BCUT2D eigenvalue weighted by Gasteiger charge is -2.23. The van der Waals surface area contributed by atoms with Crippen LogP contribution in [0.25, 0.3) is 0 Å². The molecule has 1 N–H and O–H groups in total. The summed E-state index contributed by atoms with van der Waals surface area (Å²) in [6.45, 7) is 6.00. The van der Waals surface area contributed by atoms with E-state index in [4.69, 9.17) is 0 Å². The Kier molecular flexibility index (Phi) is 4.63. The van der Waals surface area contributed by atoms with Gasteiger partial charge < -0.3 is 10.2 Å². The minimum Gasteiger partial charge on any atom is -0.374 e. The summed E-state index contributed by atoms with van der Waals surface area (Å²) in [5, 5.41) is 3.28. The third kappa shape index (κ3) is 3.85. The van der Waals surface area contributed by atoms with E-state index in [1.807, 2.05) is 37.3 Å². The number of amides is 1. The number of aryl methyl sites for hydroxylation is 2. The Balaban J connectivity index is 2.09. The molecule has 0 bridgehead atoms. The van der Waals surface area contributed by atoms with Crippen LogP contribution in [-0.2, 0) is 4.79 Å². The molecule has 0 spiro atoms. The third-order valence-corrected chi connectivity index (χ3v) is 3.45. The van der Waals surface area contributed by atoms with Gasteiger partial charge in [0.05, 0.1) is 0 Å². The first kappa shape index (κ1) is 15.1.